The molecule has 0 aromatic carbocycles. The van der Waals surface area contributed by atoms with Gasteiger partial charge >= 0.3 is 12.0 Å². The number of carboxylic acids is 1. The molecule has 1 aliphatic carbocycles. The average molecular weight is 214 g/mol. The molecule has 0 heterocycles. The Labute approximate surface area is 87.0 Å². The van der Waals surface area contributed by atoms with Gasteiger partial charge in [0.05, 0.1) is 5.92 Å². The lowest BCUT2D eigenvalue weighted by molar-refractivity contribution is -0.145. The van der Waals surface area contributed by atoms with Crippen LogP contribution in [0.2, 0.25) is 0 Å². The van der Waals surface area contributed by atoms with E-state index in [0.29, 0.717) is 25.5 Å². The van der Waals surface area contributed by atoms with Crippen LogP contribution in [0.15, 0.2) is 0 Å². The summed E-state index contributed by atoms with van der Waals surface area (Å²) >= 11 is 0. The van der Waals surface area contributed by atoms with Gasteiger partial charge in [-0.3, -0.25) is 4.79 Å². The van der Waals surface area contributed by atoms with E-state index in [1.807, 2.05) is 0 Å². The van der Waals surface area contributed by atoms with Gasteiger partial charge in [-0.25, -0.2) is 4.79 Å². The third-order valence-corrected chi connectivity index (χ3v) is 2.79. The second-order valence-corrected chi connectivity index (χ2v) is 3.65. The van der Waals surface area contributed by atoms with Gasteiger partial charge in [0, 0.05) is 7.05 Å². The fraction of sp³-hybridized carbons (Fsp3) is 0.667. The Hall–Kier alpha value is -1.59. The van der Waals surface area contributed by atoms with Gasteiger partial charge in [0.2, 0.25) is 0 Å². The van der Waals surface area contributed by atoms with Gasteiger partial charge in [-0.1, -0.05) is 0 Å². The van der Waals surface area contributed by atoms with Crippen molar-refractivity contribution in [2.45, 2.75) is 24.8 Å². The Morgan fingerprint density at radius 1 is 1.53 bits per heavy atom. The van der Waals surface area contributed by atoms with E-state index in [-0.39, 0.29) is 0 Å². The maximum absolute atomic E-state index is 11.1. The maximum atomic E-state index is 11.1. The van der Waals surface area contributed by atoms with E-state index in [0.717, 1.165) is 0 Å². The van der Waals surface area contributed by atoms with Crippen molar-refractivity contribution in [1.29, 1.82) is 0 Å². The molecular formula is C9H14N2O4. The zero-order chi connectivity index (χ0) is 11.5. The second kappa shape index (κ2) is 4.29. The van der Waals surface area contributed by atoms with E-state index in [2.05, 4.69) is 10.6 Å². The van der Waals surface area contributed by atoms with Gasteiger partial charge < -0.3 is 20.5 Å². The van der Waals surface area contributed by atoms with Gasteiger partial charge in [-0.15, -0.1) is 0 Å². The maximum Gasteiger partial charge on any atom is 0.315 e. The van der Waals surface area contributed by atoms with Crippen molar-refractivity contribution in [2.75, 3.05) is 7.05 Å². The summed E-state index contributed by atoms with van der Waals surface area (Å²) in [6.07, 6.45) is 1.95. The number of hydrogen-bond acceptors (Lipinski definition) is 3. The van der Waals surface area contributed by atoms with Crippen LogP contribution in [0.3, 0.4) is 0 Å². The molecule has 2 amide bonds. The van der Waals surface area contributed by atoms with Crippen LogP contribution in [-0.4, -0.2) is 36.0 Å². The lowest BCUT2D eigenvalue weighted by atomic mass is 9.88. The molecule has 0 aromatic rings. The van der Waals surface area contributed by atoms with Crippen molar-refractivity contribution < 1.29 is 19.5 Å². The first-order chi connectivity index (χ1) is 7.05. The van der Waals surface area contributed by atoms with Gasteiger partial charge in [0.25, 0.3) is 0 Å². The van der Waals surface area contributed by atoms with Crippen LogP contribution in [0, 0.1) is 5.92 Å². The molecular weight excluding hydrogens is 200 g/mol. The molecule has 3 N–H and O–H groups in total. The van der Waals surface area contributed by atoms with E-state index in [4.69, 9.17) is 5.11 Å². The van der Waals surface area contributed by atoms with Crippen molar-refractivity contribution in [3.63, 3.8) is 0 Å². The monoisotopic (exact) mass is 214 g/mol. The summed E-state index contributed by atoms with van der Waals surface area (Å²) in [5.74, 6) is -1.87. The molecule has 2 atom stereocenters. The topological polar surface area (TPSA) is 95.5 Å². The molecule has 0 spiro atoms. The smallest absolute Gasteiger partial charge is 0.315 e. The van der Waals surface area contributed by atoms with Gasteiger partial charge in [0.1, 0.15) is 11.8 Å². The van der Waals surface area contributed by atoms with E-state index in [9.17, 15) is 14.4 Å². The number of urea groups is 1. The number of carboxylic acid groups (broad SMARTS) is 1. The highest BCUT2D eigenvalue weighted by Crippen LogP contribution is 2.34. The zero-order valence-corrected chi connectivity index (χ0v) is 8.45. The Morgan fingerprint density at radius 3 is 2.67 bits per heavy atom. The SMILES string of the molecule is CNC(=O)NC1(C=O)CCCC1C(=O)O. The van der Waals surface area contributed by atoms with Crippen molar-refractivity contribution in [2.24, 2.45) is 5.92 Å². The number of amides is 2. The molecule has 0 bridgehead atoms. The van der Waals surface area contributed by atoms with Crippen molar-refractivity contribution in [3.05, 3.63) is 0 Å². The highest BCUT2D eigenvalue weighted by Gasteiger charge is 2.48. The molecule has 15 heavy (non-hydrogen) atoms. The van der Waals surface area contributed by atoms with Crippen LogP contribution < -0.4 is 10.6 Å². The minimum atomic E-state index is -1.24. The van der Waals surface area contributed by atoms with E-state index in [1.54, 1.807) is 0 Å². The van der Waals surface area contributed by atoms with Crippen LogP contribution in [0.5, 0.6) is 0 Å². The first-order valence-corrected chi connectivity index (χ1v) is 4.75. The van der Waals surface area contributed by atoms with E-state index >= 15 is 0 Å². The number of rotatable bonds is 3. The number of nitrogens with one attached hydrogen (secondary N) is 2. The van der Waals surface area contributed by atoms with Crippen LogP contribution in [0.25, 0.3) is 0 Å². The van der Waals surface area contributed by atoms with E-state index in [1.165, 1.54) is 7.05 Å². The summed E-state index contributed by atoms with van der Waals surface area (Å²) in [5, 5.41) is 13.7. The molecule has 1 rings (SSSR count). The van der Waals surface area contributed by atoms with Gasteiger partial charge in [0.15, 0.2) is 0 Å². The van der Waals surface area contributed by atoms with Crippen molar-refractivity contribution in [3.8, 4) is 0 Å². The Morgan fingerprint density at radius 2 is 2.20 bits per heavy atom. The second-order valence-electron chi connectivity index (χ2n) is 3.65. The van der Waals surface area contributed by atoms with Gasteiger partial charge in [-0.05, 0) is 19.3 Å². The summed E-state index contributed by atoms with van der Waals surface area (Å²) in [7, 11) is 1.42. The summed E-state index contributed by atoms with van der Waals surface area (Å²) < 4.78 is 0. The Kier molecular flexibility index (Phi) is 3.28. The van der Waals surface area contributed by atoms with Crippen LogP contribution >= 0.6 is 0 Å². The molecule has 6 nitrogen and oxygen atoms in total. The van der Waals surface area contributed by atoms with Crippen LogP contribution in [0.4, 0.5) is 4.79 Å². The fourth-order valence-electron chi connectivity index (χ4n) is 1.97. The molecule has 0 aromatic heterocycles. The number of carbonyl (C=O) groups is 3. The summed E-state index contributed by atoms with van der Waals surface area (Å²) in [6.45, 7) is 0. The molecule has 0 radical (unpaired) electrons. The highest BCUT2D eigenvalue weighted by atomic mass is 16.4. The first kappa shape index (κ1) is 11.5. The molecule has 0 aliphatic heterocycles. The van der Waals surface area contributed by atoms with Crippen molar-refractivity contribution in [1.82, 2.24) is 10.6 Å². The molecule has 1 aliphatic rings. The predicted molar refractivity (Wildman–Crippen MR) is 51.4 cm³/mol. The fourth-order valence-corrected chi connectivity index (χ4v) is 1.97. The minimum Gasteiger partial charge on any atom is -0.481 e. The van der Waals surface area contributed by atoms with Crippen LogP contribution in [0.1, 0.15) is 19.3 Å². The molecule has 6 heteroatoms. The quantitative estimate of drug-likeness (QED) is 0.564. The largest absolute Gasteiger partial charge is 0.481 e. The molecule has 84 valence electrons. The summed E-state index contributed by atoms with van der Waals surface area (Å²) in [6, 6.07) is -0.532. The number of aldehydes is 1. The number of carbonyl (C=O) groups excluding carboxylic acids is 2. The zero-order valence-electron chi connectivity index (χ0n) is 8.45. The van der Waals surface area contributed by atoms with Gasteiger partial charge in [-0.2, -0.15) is 0 Å². The van der Waals surface area contributed by atoms with Crippen LogP contribution in [-0.2, 0) is 9.59 Å². The highest BCUT2D eigenvalue weighted by molar-refractivity contribution is 5.86. The average Bonchev–Trinajstić information content (AvgIpc) is 2.62. The Bertz CT molecular complexity index is 292. The number of aliphatic carboxylic acids is 1. The first-order valence-electron chi connectivity index (χ1n) is 4.75. The molecule has 1 fully saturated rings. The summed E-state index contributed by atoms with van der Waals surface area (Å²) in [4.78, 5) is 33.0. The van der Waals surface area contributed by atoms with E-state index < -0.39 is 23.5 Å². The normalized spacial score (nSPS) is 29.5. The molecule has 0 saturated heterocycles. The summed E-state index contributed by atoms with van der Waals surface area (Å²) in [5.41, 5.74) is -1.24. The molecule has 1 saturated carbocycles. The third-order valence-electron chi connectivity index (χ3n) is 2.79. The lowest BCUT2D eigenvalue weighted by Gasteiger charge is -2.28. The molecule has 2 unspecified atom stereocenters. The predicted octanol–water partition coefficient (Wildman–Crippen LogP) is -0.262. The number of hydrogen-bond donors (Lipinski definition) is 3. The standard InChI is InChI=1S/C9H14N2O4/c1-10-8(15)11-9(5-12)4-2-3-6(9)7(13)14/h5-6H,2-4H2,1H3,(H,13,14)(H2,10,11,15). The Balaban J connectivity index is 2.87. The third kappa shape index (κ3) is 2.08. The lowest BCUT2D eigenvalue weighted by Crippen LogP contribution is -2.56. The van der Waals surface area contributed by atoms with Crippen molar-refractivity contribution >= 4 is 18.3 Å². The minimum absolute atomic E-state index is 0.376.